The first-order valence-electron chi connectivity index (χ1n) is 3.89. The summed E-state index contributed by atoms with van der Waals surface area (Å²) in [5.74, 6) is 1.06. The summed E-state index contributed by atoms with van der Waals surface area (Å²) >= 11 is 0. The Morgan fingerprint density at radius 3 is 2.92 bits per heavy atom. The quantitative estimate of drug-likeness (QED) is 0.488. The van der Waals surface area contributed by atoms with E-state index in [0.717, 1.165) is 0 Å². The third kappa shape index (κ3) is 0.895. The van der Waals surface area contributed by atoms with Crippen molar-refractivity contribution in [1.29, 1.82) is 0 Å². The highest BCUT2D eigenvalue weighted by molar-refractivity contribution is 6.01. The van der Waals surface area contributed by atoms with Gasteiger partial charge in [0.1, 0.15) is 11.9 Å². The summed E-state index contributed by atoms with van der Waals surface area (Å²) in [5, 5.41) is 0. The second kappa shape index (κ2) is 2.30. The van der Waals surface area contributed by atoms with E-state index in [0.29, 0.717) is 11.8 Å². The normalized spacial score (nSPS) is 38.9. The summed E-state index contributed by atoms with van der Waals surface area (Å²) in [7, 11) is 0. The molecular weight excluding hydrogens is 154 g/mol. The van der Waals surface area contributed by atoms with Gasteiger partial charge in [0.25, 0.3) is 0 Å². The van der Waals surface area contributed by atoms with Gasteiger partial charge < -0.3 is 11.5 Å². The van der Waals surface area contributed by atoms with Gasteiger partial charge in [-0.3, -0.25) is 4.99 Å². The number of fused-ring (bicyclic) bond motifs is 1. The van der Waals surface area contributed by atoms with Crippen LogP contribution >= 0.6 is 0 Å². The molecule has 0 fully saturated rings. The Balaban J connectivity index is 2.34. The van der Waals surface area contributed by atoms with Crippen LogP contribution in [0, 0.1) is 5.92 Å². The second-order valence-electron chi connectivity index (χ2n) is 3.12. The minimum absolute atomic E-state index is 0.0718. The van der Waals surface area contributed by atoms with Gasteiger partial charge in [0.2, 0.25) is 5.96 Å². The van der Waals surface area contributed by atoms with Crippen LogP contribution in [0.3, 0.4) is 0 Å². The lowest BCUT2D eigenvalue weighted by Gasteiger charge is -2.20. The predicted molar refractivity (Wildman–Crippen MR) is 48.5 cm³/mol. The highest BCUT2D eigenvalue weighted by atomic mass is 15.2. The van der Waals surface area contributed by atoms with E-state index < -0.39 is 0 Å². The molecule has 5 nitrogen and oxygen atoms in total. The van der Waals surface area contributed by atoms with Crippen LogP contribution in [0.2, 0.25) is 0 Å². The summed E-state index contributed by atoms with van der Waals surface area (Å²) in [4.78, 5) is 12.3. The molecule has 5 heteroatoms. The van der Waals surface area contributed by atoms with Gasteiger partial charge in [-0.15, -0.1) is 0 Å². The Morgan fingerprint density at radius 1 is 1.42 bits per heavy atom. The first-order chi connectivity index (χ1) is 5.68. The molecule has 3 unspecified atom stereocenters. The molecule has 64 valence electrons. The molecule has 2 heterocycles. The number of nitrogens with zero attached hydrogens (tertiary/aromatic N) is 3. The summed E-state index contributed by atoms with van der Waals surface area (Å²) in [5.41, 5.74) is 11.1. The van der Waals surface area contributed by atoms with Gasteiger partial charge in [0.15, 0.2) is 0 Å². The van der Waals surface area contributed by atoms with E-state index in [-0.39, 0.29) is 18.0 Å². The number of hydrogen-bond donors (Lipinski definition) is 2. The molecule has 0 aromatic rings. The van der Waals surface area contributed by atoms with Crippen molar-refractivity contribution in [3.05, 3.63) is 0 Å². The fourth-order valence-corrected chi connectivity index (χ4v) is 1.51. The minimum atomic E-state index is -0.0766. The van der Waals surface area contributed by atoms with Crippen LogP contribution in [0.4, 0.5) is 0 Å². The maximum absolute atomic E-state index is 5.65. The maximum Gasteiger partial charge on any atom is 0.217 e. The molecule has 0 spiro atoms. The van der Waals surface area contributed by atoms with Gasteiger partial charge >= 0.3 is 0 Å². The summed E-state index contributed by atoms with van der Waals surface area (Å²) in [6.45, 7) is 2.05. The Labute approximate surface area is 70.3 Å². The average molecular weight is 165 g/mol. The van der Waals surface area contributed by atoms with Crippen molar-refractivity contribution in [2.45, 2.75) is 19.0 Å². The predicted octanol–water partition coefficient (Wildman–Crippen LogP) is -0.870. The van der Waals surface area contributed by atoms with Crippen LogP contribution in [0.25, 0.3) is 0 Å². The van der Waals surface area contributed by atoms with E-state index in [1.54, 1.807) is 0 Å². The lowest BCUT2D eigenvalue weighted by Crippen LogP contribution is -2.42. The molecule has 4 N–H and O–H groups in total. The van der Waals surface area contributed by atoms with E-state index in [4.69, 9.17) is 11.5 Å². The largest absolute Gasteiger partial charge is 0.385 e. The van der Waals surface area contributed by atoms with Crippen LogP contribution < -0.4 is 11.5 Å². The van der Waals surface area contributed by atoms with Crippen molar-refractivity contribution in [3.63, 3.8) is 0 Å². The van der Waals surface area contributed by atoms with Gasteiger partial charge in [0.05, 0.1) is 6.04 Å². The number of aliphatic imine (C=N–C) groups is 3. The smallest absolute Gasteiger partial charge is 0.217 e. The summed E-state index contributed by atoms with van der Waals surface area (Å²) in [6, 6.07) is -0.00481. The summed E-state index contributed by atoms with van der Waals surface area (Å²) in [6.07, 6.45) is 1.86. The highest BCUT2D eigenvalue weighted by Crippen LogP contribution is 2.21. The van der Waals surface area contributed by atoms with E-state index in [9.17, 15) is 0 Å². The maximum atomic E-state index is 5.65. The zero-order chi connectivity index (χ0) is 8.72. The molecule has 0 saturated heterocycles. The second-order valence-corrected chi connectivity index (χ2v) is 3.12. The van der Waals surface area contributed by atoms with Crippen LogP contribution in [-0.2, 0) is 0 Å². The molecule has 2 aliphatic heterocycles. The number of amidine groups is 1. The molecule has 2 rings (SSSR count). The fourth-order valence-electron chi connectivity index (χ4n) is 1.51. The molecule has 0 bridgehead atoms. The zero-order valence-electron chi connectivity index (χ0n) is 6.81. The number of rotatable bonds is 0. The Kier molecular flexibility index (Phi) is 1.39. The van der Waals surface area contributed by atoms with Crippen molar-refractivity contribution in [3.8, 4) is 0 Å². The monoisotopic (exact) mass is 165 g/mol. The van der Waals surface area contributed by atoms with Crippen molar-refractivity contribution < 1.29 is 0 Å². The standard InChI is InChI=1S/C7H11N5/c1-3-2-10-5-4(3)11-7(9)12-6(5)8/h2-5H,1H3,(H4,8,9,11,12). The molecule has 3 atom stereocenters. The molecular formula is C7H11N5. The van der Waals surface area contributed by atoms with E-state index in [2.05, 4.69) is 15.0 Å². The molecule has 0 radical (unpaired) electrons. The van der Waals surface area contributed by atoms with Crippen LogP contribution in [0.5, 0.6) is 0 Å². The van der Waals surface area contributed by atoms with Crippen LogP contribution in [0.1, 0.15) is 6.92 Å². The number of hydrogen-bond acceptors (Lipinski definition) is 5. The molecule has 0 aromatic carbocycles. The van der Waals surface area contributed by atoms with E-state index >= 15 is 0 Å². The first-order valence-corrected chi connectivity index (χ1v) is 3.89. The van der Waals surface area contributed by atoms with Crippen molar-refractivity contribution >= 4 is 18.0 Å². The highest BCUT2D eigenvalue weighted by Gasteiger charge is 2.35. The Hall–Kier alpha value is -1.39. The topological polar surface area (TPSA) is 89.1 Å². The summed E-state index contributed by atoms with van der Waals surface area (Å²) < 4.78 is 0. The molecule has 0 amide bonds. The van der Waals surface area contributed by atoms with E-state index in [1.807, 2.05) is 13.1 Å². The van der Waals surface area contributed by atoms with Crippen molar-refractivity contribution in [2.75, 3.05) is 0 Å². The van der Waals surface area contributed by atoms with Gasteiger partial charge in [0, 0.05) is 12.1 Å². The lowest BCUT2D eigenvalue weighted by molar-refractivity contribution is 0.572. The molecule has 0 aromatic heterocycles. The Morgan fingerprint density at radius 2 is 2.17 bits per heavy atom. The number of guanidine groups is 1. The van der Waals surface area contributed by atoms with Gasteiger partial charge in [-0.05, 0) is 0 Å². The zero-order valence-corrected chi connectivity index (χ0v) is 6.81. The fraction of sp³-hybridized carbons (Fsp3) is 0.571. The first kappa shape index (κ1) is 7.27. The molecule has 0 saturated carbocycles. The van der Waals surface area contributed by atoms with Crippen molar-refractivity contribution in [1.82, 2.24) is 0 Å². The van der Waals surface area contributed by atoms with Gasteiger partial charge in [-0.1, -0.05) is 6.92 Å². The molecule has 12 heavy (non-hydrogen) atoms. The van der Waals surface area contributed by atoms with Gasteiger partial charge in [-0.25, -0.2) is 4.99 Å². The third-order valence-electron chi connectivity index (χ3n) is 2.17. The number of nitrogens with two attached hydrogens (primary N) is 2. The lowest BCUT2D eigenvalue weighted by atomic mass is 9.99. The SMILES string of the molecule is CC1C=NC2C(N)=NC(N)=NC12. The van der Waals surface area contributed by atoms with Gasteiger partial charge in [-0.2, -0.15) is 4.99 Å². The van der Waals surface area contributed by atoms with Crippen LogP contribution in [-0.4, -0.2) is 30.1 Å². The molecule has 2 aliphatic rings. The third-order valence-corrected chi connectivity index (χ3v) is 2.17. The molecule has 0 aliphatic carbocycles. The van der Waals surface area contributed by atoms with Crippen molar-refractivity contribution in [2.24, 2.45) is 32.4 Å². The van der Waals surface area contributed by atoms with E-state index in [1.165, 1.54) is 0 Å². The minimum Gasteiger partial charge on any atom is -0.385 e. The van der Waals surface area contributed by atoms with Crippen LogP contribution in [0.15, 0.2) is 15.0 Å². The average Bonchev–Trinajstić information content (AvgIpc) is 2.33. The Bertz CT molecular complexity index is 290.